The van der Waals surface area contributed by atoms with Crippen molar-refractivity contribution in [3.05, 3.63) is 18.2 Å². The Morgan fingerprint density at radius 1 is 1.69 bits per heavy atom. The molecule has 0 bridgehead atoms. The molecule has 0 aliphatic rings. The van der Waals surface area contributed by atoms with Crippen LogP contribution >= 0.6 is 0 Å². The van der Waals surface area contributed by atoms with Crippen LogP contribution < -0.4 is 0 Å². The van der Waals surface area contributed by atoms with Gasteiger partial charge < -0.3 is 9.30 Å². The van der Waals surface area contributed by atoms with Crippen molar-refractivity contribution in [1.82, 2.24) is 9.55 Å². The van der Waals surface area contributed by atoms with Crippen molar-refractivity contribution in [3.8, 4) is 0 Å². The van der Waals surface area contributed by atoms with Crippen LogP contribution in [0.2, 0.25) is 0 Å². The van der Waals surface area contributed by atoms with Gasteiger partial charge in [-0.15, -0.1) is 0 Å². The Bertz CT molecular complexity index is 281. The number of esters is 1. The van der Waals surface area contributed by atoms with Gasteiger partial charge in [-0.2, -0.15) is 0 Å². The molecule has 0 N–H and O–H groups in total. The minimum atomic E-state index is -0.240. The molecule has 1 heterocycles. The van der Waals surface area contributed by atoms with Crippen LogP contribution in [0.1, 0.15) is 19.2 Å². The summed E-state index contributed by atoms with van der Waals surface area (Å²) in [6.07, 6.45) is 5.41. The summed E-state index contributed by atoms with van der Waals surface area (Å²) in [4.78, 5) is 15.1. The Morgan fingerprint density at radius 3 is 3.08 bits per heavy atom. The normalized spacial score (nSPS) is 10.0. The van der Waals surface area contributed by atoms with E-state index in [0.717, 1.165) is 18.7 Å². The highest BCUT2D eigenvalue weighted by Gasteiger charge is 2.05. The highest BCUT2D eigenvalue weighted by molar-refractivity contribution is 5.69. The molecule has 0 amide bonds. The number of carbonyl (C=O) groups is 1. The maximum Gasteiger partial charge on any atom is 0.325 e. The van der Waals surface area contributed by atoms with Crippen molar-refractivity contribution >= 4 is 5.97 Å². The Kier molecular flexibility index (Phi) is 3.49. The van der Waals surface area contributed by atoms with E-state index in [4.69, 9.17) is 0 Å². The number of methoxy groups -OCH3 is 1. The smallest absolute Gasteiger partial charge is 0.325 e. The summed E-state index contributed by atoms with van der Waals surface area (Å²) < 4.78 is 6.38. The van der Waals surface area contributed by atoms with Crippen LogP contribution in [0.15, 0.2) is 12.4 Å². The third-order valence-electron chi connectivity index (χ3n) is 1.80. The maximum atomic E-state index is 11.0. The van der Waals surface area contributed by atoms with E-state index in [1.54, 1.807) is 12.4 Å². The maximum absolute atomic E-state index is 11.0. The lowest BCUT2D eigenvalue weighted by atomic mass is 10.3. The summed E-state index contributed by atoms with van der Waals surface area (Å²) in [5, 5.41) is 0. The van der Waals surface area contributed by atoms with E-state index in [9.17, 15) is 4.79 Å². The van der Waals surface area contributed by atoms with Gasteiger partial charge in [0.25, 0.3) is 0 Å². The number of rotatable bonds is 4. The van der Waals surface area contributed by atoms with Gasteiger partial charge in [-0.25, -0.2) is 4.98 Å². The summed E-state index contributed by atoms with van der Waals surface area (Å²) in [6, 6.07) is 0. The fraction of sp³-hybridized carbons (Fsp3) is 0.556. The molecule has 4 nitrogen and oxygen atoms in total. The number of hydrogen-bond donors (Lipinski definition) is 0. The molecule has 1 rings (SSSR count). The topological polar surface area (TPSA) is 44.1 Å². The highest BCUT2D eigenvalue weighted by atomic mass is 16.5. The standard InChI is InChI=1S/C9H14N2O2/c1-3-4-8-10-5-6-11(8)7-9(12)13-2/h5-6H,3-4,7H2,1-2H3. The number of ether oxygens (including phenoxy) is 1. The summed E-state index contributed by atoms with van der Waals surface area (Å²) >= 11 is 0. The molecule has 4 heteroatoms. The molecular formula is C9H14N2O2. The minimum Gasteiger partial charge on any atom is -0.468 e. The van der Waals surface area contributed by atoms with Crippen LogP contribution in [-0.2, 0) is 22.5 Å². The van der Waals surface area contributed by atoms with Gasteiger partial charge in [0.05, 0.1) is 7.11 Å². The first-order chi connectivity index (χ1) is 6.27. The van der Waals surface area contributed by atoms with Crippen molar-refractivity contribution in [3.63, 3.8) is 0 Å². The number of aryl methyl sites for hydroxylation is 1. The second-order valence-electron chi connectivity index (χ2n) is 2.80. The van der Waals surface area contributed by atoms with E-state index in [1.165, 1.54) is 7.11 Å². The van der Waals surface area contributed by atoms with Gasteiger partial charge in [0.15, 0.2) is 0 Å². The first-order valence-corrected chi connectivity index (χ1v) is 4.34. The molecule has 0 saturated carbocycles. The quantitative estimate of drug-likeness (QED) is 0.653. The van der Waals surface area contributed by atoms with Crippen molar-refractivity contribution in [2.45, 2.75) is 26.3 Å². The fourth-order valence-electron chi connectivity index (χ4n) is 1.14. The van der Waals surface area contributed by atoms with Crippen molar-refractivity contribution in [1.29, 1.82) is 0 Å². The average molecular weight is 182 g/mol. The third kappa shape index (κ3) is 2.57. The SMILES string of the molecule is CCCc1nccn1CC(=O)OC. The van der Waals surface area contributed by atoms with Gasteiger partial charge in [-0.3, -0.25) is 4.79 Å². The Labute approximate surface area is 77.5 Å². The minimum absolute atomic E-state index is 0.240. The van der Waals surface area contributed by atoms with Gasteiger partial charge >= 0.3 is 5.97 Å². The second kappa shape index (κ2) is 4.64. The third-order valence-corrected chi connectivity index (χ3v) is 1.80. The van der Waals surface area contributed by atoms with E-state index in [0.29, 0.717) is 0 Å². The lowest BCUT2D eigenvalue weighted by molar-refractivity contribution is -0.141. The van der Waals surface area contributed by atoms with Crippen LogP contribution in [0.4, 0.5) is 0 Å². The van der Waals surface area contributed by atoms with Gasteiger partial charge in [-0.05, 0) is 6.42 Å². The van der Waals surface area contributed by atoms with E-state index in [2.05, 4.69) is 16.6 Å². The second-order valence-corrected chi connectivity index (χ2v) is 2.80. The Morgan fingerprint density at radius 2 is 2.46 bits per heavy atom. The number of carbonyl (C=O) groups excluding carboxylic acids is 1. The molecule has 0 aromatic carbocycles. The summed E-state index contributed by atoms with van der Waals surface area (Å²) in [5.41, 5.74) is 0. The number of hydrogen-bond acceptors (Lipinski definition) is 3. The molecular weight excluding hydrogens is 168 g/mol. The largest absolute Gasteiger partial charge is 0.468 e. The predicted molar refractivity (Wildman–Crippen MR) is 48.2 cm³/mol. The first kappa shape index (κ1) is 9.77. The molecule has 0 spiro atoms. The van der Waals surface area contributed by atoms with E-state index in [1.807, 2.05) is 4.57 Å². The van der Waals surface area contributed by atoms with Gasteiger partial charge in [-0.1, -0.05) is 6.92 Å². The Balaban J connectivity index is 2.64. The number of nitrogens with zero attached hydrogens (tertiary/aromatic N) is 2. The zero-order chi connectivity index (χ0) is 9.68. The lowest BCUT2D eigenvalue weighted by Crippen LogP contribution is -2.13. The predicted octanol–water partition coefficient (Wildman–Crippen LogP) is 1.01. The average Bonchev–Trinajstić information content (AvgIpc) is 2.54. The van der Waals surface area contributed by atoms with E-state index < -0.39 is 0 Å². The number of imidazole rings is 1. The van der Waals surface area contributed by atoms with E-state index in [-0.39, 0.29) is 12.5 Å². The molecule has 0 atom stereocenters. The van der Waals surface area contributed by atoms with Gasteiger partial charge in [0.1, 0.15) is 12.4 Å². The van der Waals surface area contributed by atoms with Crippen LogP contribution in [0.5, 0.6) is 0 Å². The van der Waals surface area contributed by atoms with Crippen molar-refractivity contribution in [2.24, 2.45) is 0 Å². The molecule has 72 valence electrons. The number of aromatic nitrogens is 2. The molecule has 1 aromatic rings. The van der Waals surface area contributed by atoms with Crippen molar-refractivity contribution < 1.29 is 9.53 Å². The summed E-state index contributed by atoms with van der Waals surface area (Å²) in [7, 11) is 1.39. The van der Waals surface area contributed by atoms with Crippen LogP contribution in [-0.4, -0.2) is 22.6 Å². The fourth-order valence-corrected chi connectivity index (χ4v) is 1.14. The lowest BCUT2D eigenvalue weighted by Gasteiger charge is -2.04. The highest BCUT2D eigenvalue weighted by Crippen LogP contribution is 2.01. The summed E-state index contributed by atoms with van der Waals surface area (Å²) in [6.45, 7) is 2.34. The first-order valence-electron chi connectivity index (χ1n) is 4.34. The van der Waals surface area contributed by atoms with E-state index >= 15 is 0 Å². The zero-order valence-electron chi connectivity index (χ0n) is 7.99. The molecule has 0 aliphatic carbocycles. The van der Waals surface area contributed by atoms with Crippen LogP contribution in [0.3, 0.4) is 0 Å². The van der Waals surface area contributed by atoms with Crippen LogP contribution in [0.25, 0.3) is 0 Å². The van der Waals surface area contributed by atoms with Crippen LogP contribution in [0, 0.1) is 0 Å². The molecule has 1 aromatic heterocycles. The zero-order valence-corrected chi connectivity index (χ0v) is 7.99. The Hall–Kier alpha value is -1.32. The molecule has 0 aliphatic heterocycles. The molecule has 0 saturated heterocycles. The summed E-state index contributed by atoms with van der Waals surface area (Å²) in [5.74, 6) is 0.697. The van der Waals surface area contributed by atoms with Gasteiger partial charge in [0.2, 0.25) is 0 Å². The van der Waals surface area contributed by atoms with Gasteiger partial charge in [0, 0.05) is 18.8 Å². The van der Waals surface area contributed by atoms with Crippen molar-refractivity contribution in [2.75, 3.05) is 7.11 Å². The molecule has 13 heavy (non-hydrogen) atoms. The molecule has 0 unspecified atom stereocenters. The monoisotopic (exact) mass is 182 g/mol. The molecule has 0 fully saturated rings. The molecule has 0 radical (unpaired) electrons.